The second-order valence-corrected chi connectivity index (χ2v) is 5.65. The number of nitro benzene ring substituents is 1. The minimum atomic E-state index is -0.548. The van der Waals surface area contributed by atoms with E-state index in [0.29, 0.717) is 11.0 Å². The van der Waals surface area contributed by atoms with Gasteiger partial charge in [0.1, 0.15) is 11.8 Å². The molecule has 7 nitrogen and oxygen atoms in total. The highest BCUT2D eigenvalue weighted by atomic mass is 16.6. The molecule has 7 heteroatoms. The van der Waals surface area contributed by atoms with E-state index in [4.69, 9.17) is 4.42 Å². The number of nitrogens with one attached hydrogen (secondary N) is 1. The summed E-state index contributed by atoms with van der Waals surface area (Å²) < 4.78 is 5.41. The number of carbonyl (C=O) groups excluding carboxylic acids is 1. The Morgan fingerprint density at radius 3 is 2.81 bits per heavy atom. The van der Waals surface area contributed by atoms with Gasteiger partial charge in [0.2, 0.25) is 5.91 Å². The number of hydrogen-bond donors (Lipinski definition) is 1. The van der Waals surface area contributed by atoms with Crippen LogP contribution in [0.1, 0.15) is 11.1 Å². The number of nitro groups is 1. The number of carbonyl (C=O) groups is 1. The zero-order valence-electron chi connectivity index (χ0n) is 13.8. The average Bonchev–Trinajstić information content (AvgIpc) is 2.62. The Kier molecular flexibility index (Phi) is 4.62. The van der Waals surface area contributed by atoms with E-state index in [-0.39, 0.29) is 22.4 Å². The Balaban J connectivity index is 1.81. The molecule has 1 heterocycles. The standard InChI is InChI=1S/C19H14N2O5/c1-12-5-7-17-16(9-12)19(23)13(11-26-17)6-8-18(22)20-14-3-2-4-15(10-14)21(24)25/h2-11H,1H3,(H,20,22)/b8-6+. The molecule has 0 bridgehead atoms. The molecule has 0 unspecified atom stereocenters. The Morgan fingerprint density at radius 2 is 2.04 bits per heavy atom. The number of non-ortho nitro benzene ring substituents is 1. The van der Waals surface area contributed by atoms with Gasteiger partial charge in [-0.15, -0.1) is 0 Å². The minimum Gasteiger partial charge on any atom is -0.463 e. The monoisotopic (exact) mass is 350 g/mol. The summed E-state index contributed by atoms with van der Waals surface area (Å²) in [4.78, 5) is 34.7. The fourth-order valence-electron chi connectivity index (χ4n) is 2.42. The van der Waals surface area contributed by atoms with Gasteiger partial charge in [-0.3, -0.25) is 19.7 Å². The van der Waals surface area contributed by atoms with E-state index in [0.717, 1.165) is 5.56 Å². The van der Waals surface area contributed by atoms with E-state index in [9.17, 15) is 19.7 Å². The molecule has 0 radical (unpaired) electrons. The lowest BCUT2D eigenvalue weighted by atomic mass is 10.1. The molecule has 26 heavy (non-hydrogen) atoms. The number of anilines is 1. The summed E-state index contributed by atoms with van der Waals surface area (Å²) in [6.45, 7) is 1.87. The van der Waals surface area contributed by atoms with Crippen molar-refractivity contribution in [2.75, 3.05) is 5.32 Å². The smallest absolute Gasteiger partial charge is 0.271 e. The number of rotatable bonds is 4. The van der Waals surface area contributed by atoms with Gasteiger partial charge in [0.05, 0.1) is 15.9 Å². The molecule has 2 aromatic carbocycles. The number of hydrogen-bond acceptors (Lipinski definition) is 5. The largest absolute Gasteiger partial charge is 0.463 e. The van der Waals surface area contributed by atoms with Crippen LogP contribution >= 0.6 is 0 Å². The van der Waals surface area contributed by atoms with Crippen molar-refractivity contribution in [3.63, 3.8) is 0 Å². The highest BCUT2D eigenvalue weighted by Crippen LogP contribution is 2.17. The predicted molar refractivity (Wildman–Crippen MR) is 98.0 cm³/mol. The van der Waals surface area contributed by atoms with Crippen molar-refractivity contribution in [3.05, 3.63) is 86.3 Å². The van der Waals surface area contributed by atoms with E-state index >= 15 is 0 Å². The second kappa shape index (κ2) is 7.02. The molecule has 0 aliphatic rings. The summed E-state index contributed by atoms with van der Waals surface area (Å²) in [7, 11) is 0. The fourth-order valence-corrected chi connectivity index (χ4v) is 2.42. The summed E-state index contributed by atoms with van der Waals surface area (Å²) in [5.74, 6) is -0.519. The van der Waals surface area contributed by atoms with Crippen LogP contribution in [-0.2, 0) is 4.79 Å². The maximum Gasteiger partial charge on any atom is 0.271 e. The third-order valence-electron chi connectivity index (χ3n) is 3.69. The Labute approximate surface area is 147 Å². The topological polar surface area (TPSA) is 102 Å². The molecule has 1 N–H and O–H groups in total. The Hall–Kier alpha value is -3.74. The van der Waals surface area contributed by atoms with Crippen molar-refractivity contribution < 1.29 is 14.1 Å². The zero-order valence-corrected chi connectivity index (χ0v) is 13.8. The molecule has 0 spiro atoms. The highest BCUT2D eigenvalue weighted by molar-refractivity contribution is 6.02. The minimum absolute atomic E-state index is 0.127. The molecule has 0 atom stereocenters. The van der Waals surface area contributed by atoms with Crippen LogP contribution in [0.5, 0.6) is 0 Å². The molecule has 0 aliphatic carbocycles. The van der Waals surface area contributed by atoms with Gasteiger partial charge in [0, 0.05) is 23.9 Å². The first-order valence-electron chi connectivity index (χ1n) is 7.70. The van der Waals surface area contributed by atoms with Crippen molar-refractivity contribution in [1.29, 1.82) is 0 Å². The molecule has 0 aliphatic heterocycles. The van der Waals surface area contributed by atoms with E-state index < -0.39 is 10.8 Å². The van der Waals surface area contributed by atoms with E-state index in [1.807, 2.05) is 13.0 Å². The first kappa shape index (κ1) is 17.1. The van der Waals surface area contributed by atoms with Crippen LogP contribution in [0.4, 0.5) is 11.4 Å². The molecule has 3 aromatic rings. The third kappa shape index (κ3) is 3.67. The van der Waals surface area contributed by atoms with Crippen LogP contribution < -0.4 is 10.7 Å². The number of benzene rings is 2. The van der Waals surface area contributed by atoms with Crippen molar-refractivity contribution >= 4 is 34.3 Å². The van der Waals surface area contributed by atoms with Crippen LogP contribution in [0, 0.1) is 17.0 Å². The lowest BCUT2D eigenvalue weighted by molar-refractivity contribution is -0.384. The van der Waals surface area contributed by atoms with Crippen LogP contribution in [0.15, 0.2) is 64.0 Å². The lowest BCUT2D eigenvalue weighted by Gasteiger charge is -2.02. The van der Waals surface area contributed by atoms with Gasteiger partial charge in [0.25, 0.3) is 5.69 Å². The number of amides is 1. The van der Waals surface area contributed by atoms with Crippen LogP contribution in [0.3, 0.4) is 0 Å². The maximum atomic E-state index is 12.5. The molecule has 0 fully saturated rings. The predicted octanol–water partition coefficient (Wildman–Crippen LogP) is 3.66. The van der Waals surface area contributed by atoms with Gasteiger partial charge >= 0.3 is 0 Å². The van der Waals surface area contributed by atoms with Gasteiger partial charge in [-0.2, -0.15) is 0 Å². The quantitative estimate of drug-likeness (QED) is 0.439. The summed E-state index contributed by atoms with van der Waals surface area (Å²) in [6, 6.07) is 10.9. The SMILES string of the molecule is Cc1ccc2occ(/C=C/C(=O)Nc3cccc([N+](=O)[O-])c3)c(=O)c2c1. The first-order valence-corrected chi connectivity index (χ1v) is 7.70. The van der Waals surface area contributed by atoms with Gasteiger partial charge in [-0.25, -0.2) is 0 Å². The summed E-state index contributed by atoms with van der Waals surface area (Å²) >= 11 is 0. The molecule has 3 rings (SSSR count). The van der Waals surface area contributed by atoms with Crippen LogP contribution in [0.2, 0.25) is 0 Å². The second-order valence-electron chi connectivity index (χ2n) is 5.65. The molecular formula is C19H14N2O5. The first-order chi connectivity index (χ1) is 12.4. The van der Waals surface area contributed by atoms with Gasteiger partial charge < -0.3 is 9.73 Å². The molecule has 1 amide bonds. The summed E-state index contributed by atoms with van der Waals surface area (Å²) in [5, 5.41) is 13.7. The lowest BCUT2D eigenvalue weighted by Crippen LogP contribution is -2.09. The number of nitrogens with zero attached hydrogens (tertiary/aromatic N) is 1. The maximum absolute atomic E-state index is 12.5. The fraction of sp³-hybridized carbons (Fsp3) is 0.0526. The highest BCUT2D eigenvalue weighted by Gasteiger charge is 2.08. The molecule has 130 valence electrons. The molecule has 1 aromatic heterocycles. The number of fused-ring (bicyclic) bond motifs is 1. The molecule has 0 saturated heterocycles. The van der Waals surface area contributed by atoms with Gasteiger partial charge in [-0.1, -0.05) is 17.7 Å². The average molecular weight is 350 g/mol. The van der Waals surface area contributed by atoms with Crippen LogP contribution in [-0.4, -0.2) is 10.8 Å². The van der Waals surface area contributed by atoms with Crippen molar-refractivity contribution in [3.8, 4) is 0 Å². The Bertz CT molecular complexity index is 1100. The zero-order chi connectivity index (χ0) is 18.7. The van der Waals surface area contributed by atoms with Crippen LogP contribution in [0.25, 0.3) is 17.0 Å². The Morgan fingerprint density at radius 1 is 1.23 bits per heavy atom. The summed E-state index contributed by atoms with van der Waals surface area (Å²) in [6.07, 6.45) is 3.81. The number of aryl methyl sites for hydroxylation is 1. The van der Waals surface area contributed by atoms with Gasteiger partial charge in [-0.05, 0) is 31.2 Å². The van der Waals surface area contributed by atoms with Crippen molar-refractivity contribution in [2.24, 2.45) is 0 Å². The van der Waals surface area contributed by atoms with E-state index in [1.54, 1.807) is 12.1 Å². The summed E-state index contributed by atoms with van der Waals surface area (Å²) in [5.41, 5.74) is 1.55. The molecule has 0 saturated carbocycles. The van der Waals surface area contributed by atoms with E-state index in [2.05, 4.69) is 5.32 Å². The normalized spacial score (nSPS) is 11.0. The van der Waals surface area contributed by atoms with E-state index in [1.165, 1.54) is 42.7 Å². The molecular weight excluding hydrogens is 336 g/mol. The third-order valence-corrected chi connectivity index (χ3v) is 3.69. The van der Waals surface area contributed by atoms with Crippen molar-refractivity contribution in [1.82, 2.24) is 0 Å². The van der Waals surface area contributed by atoms with Gasteiger partial charge in [0.15, 0.2) is 5.43 Å². The van der Waals surface area contributed by atoms with Crippen molar-refractivity contribution in [2.45, 2.75) is 6.92 Å².